The third kappa shape index (κ3) is 3.55. The number of benzene rings is 3. The van der Waals surface area contributed by atoms with Gasteiger partial charge in [0.15, 0.2) is 0 Å². The van der Waals surface area contributed by atoms with Gasteiger partial charge in [-0.3, -0.25) is 4.57 Å². The van der Waals surface area contributed by atoms with Crippen LogP contribution in [-0.4, -0.2) is 14.5 Å². The molecular weight excluding hydrogens is 432 g/mol. The highest BCUT2D eigenvalue weighted by Gasteiger charge is 2.14. The lowest BCUT2D eigenvalue weighted by Gasteiger charge is -2.09. The minimum atomic E-state index is -0.599. The van der Waals surface area contributed by atoms with Crippen molar-refractivity contribution < 1.29 is 13.5 Å². The van der Waals surface area contributed by atoms with Gasteiger partial charge in [-0.1, -0.05) is 48.5 Å². The highest BCUT2D eigenvalue weighted by molar-refractivity contribution is 6.10. The maximum Gasteiger partial charge on any atom is 0.221 e. The maximum atomic E-state index is 14.1. The van der Waals surface area contributed by atoms with Crippen molar-refractivity contribution in [3.8, 4) is 28.6 Å². The molecule has 0 N–H and O–H groups in total. The Balaban J connectivity index is 1.49. The lowest BCUT2D eigenvalue weighted by Crippen LogP contribution is -1.97. The molecule has 0 saturated carbocycles. The Morgan fingerprint density at radius 2 is 1.50 bits per heavy atom. The highest BCUT2D eigenvalue weighted by Crippen LogP contribution is 2.35. The molecule has 6 aromatic rings. The lowest BCUT2D eigenvalue weighted by molar-refractivity contribution is 0.445. The van der Waals surface area contributed by atoms with Gasteiger partial charge in [-0.2, -0.15) is 9.37 Å². The third-order valence-electron chi connectivity index (χ3n) is 5.69. The quantitative estimate of drug-likeness (QED) is 0.265. The standard InChI is InChI=1S/C28H17F2N3O/c29-20-13-14-31-27(17-20)33-24-8-2-1-7-22(24)23-12-11-19(16-25(23)33)18-5-3-6-21(15-18)34-28-10-4-9-26(30)32-28/h1-17H. The molecule has 0 bridgehead atoms. The summed E-state index contributed by atoms with van der Waals surface area (Å²) < 4.78 is 35.2. The second-order valence-corrected chi connectivity index (χ2v) is 7.85. The Morgan fingerprint density at radius 3 is 2.38 bits per heavy atom. The molecule has 0 aliphatic carbocycles. The van der Waals surface area contributed by atoms with Gasteiger partial charge in [0.25, 0.3) is 0 Å². The average molecular weight is 449 g/mol. The van der Waals surface area contributed by atoms with Crippen LogP contribution < -0.4 is 4.74 Å². The molecule has 6 rings (SSSR count). The molecule has 34 heavy (non-hydrogen) atoms. The van der Waals surface area contributed by atoms with Crippen LogP contribution in [0.2, 0.25) is 0 Å². The fourth-order valence-corrected chi connectivity index (χ4v) is 4.22. The fourth-order valence-electron chi connectivity index (χ4n) is 4.22. The van der Waals surface area contributed by atoms with E-state index < -0.39 is 5.95 Å². The summed E-state index contributed by atoms with van der Waals surface area (Å²) in [6.07, 6.45) is 1.47. The molecule has 0 saturated heterocycles. The summed E-state index contributed by atoms with van der Waals surface area (Å²) in [6.45, 7) is 0. The number of nitrogens with zero attached hydrogens (tertiary/aromatic N) is 3. The van der Waals surface area contributed by atoms with Gasteiger partial charge in [-0.05, 0) is 47.5 Å². The molecule has 0 fully saturated rings. The number of hydrogen-bond donors (Lipinski definition) is 0. The van der Waals surface area contributed by atoms with Crippen molar-refractivity contribution in [3.63, 3.8) is 0 Å². The Morgan fingerprint density at radius 1 is 0.676 bits per heavy atom. The van der Waals surface area contributed by atoms with Gasteiger partial charge in [0, 0.05) is 29.1 Å². The van der Waals surface area contributed by atoms with Crippen molar-refractivity contribution in [2.45, 2.75) is 0 Å². The molecule has 0 unspecified atom stereocenters. The molecular formula is C28H17F2N3O. The van der Waals surface area contributed by atoms with E-state index in [2.05, 4.69) is 22.1 Å². The molecule has 0 aliphatic rings. The highest BCUT2D eigenvalue weighted by atomic mass is 19.1. The number of fused-ring (bicyclic) bond motifs is 3. The Kier molecular flexibility index (Phi) is 4.77. The van der Waals surface area contributed by atoms with Crippen LogP contribution in [0.4, 0.5) is 8.78 Å². The van der Waals surface area contributed by atoms with Crippen LogP contribution in [0.15, 0.2) is 103 Å². The van der Waals surface area contributed by atoms with Crippen LogP contribution >= 0.6 is 0 Å². The number of pyridine rings is 2. The Labute approximate surface area is 193 Å². The first-order chi connectivity index (χ1) is 16.7. The van der Waals surface area contributed by atoms with E-state index in [1.807, 2.05) is 53.1 Å². The zero-order chi connectivity index (χ0) is 23.1. The largest absolute Gasteiger partial charge is 0.439 e. The summed E-state index contributed by atoms with van der Waals surface area (Å²) in [7, 11) is 0. The number of ether oxygens (including phenoxy) is 1. The van der Waals surface area contributed by atoms with Crippen molar-refractivity contribution >= 4 is 21.8 Å². The van der Waals surface area contributed by atoms with E-state index in [9.17, 15) is 8.78 Å². The van der Waals surface area contributed by atoms with E-state index in [-0.39, 0.29) is 11.7 Å². The van der Waals surface area contributed by atoms with Crippen molar-refractivity contribution in [1.82, 2.24) is 14.5 Å². The van der Waals surface area contributed by atoms with E-state index in [0.717, 1.165) is 32.9 Å². The van der Waals surface area contributed by atoms with Gasteiger partial charge in [-0.15, -0.1) is 0 Å². The van der Waals surface area contributed by atoms with Gasteiger partial charge >= 0.3 is 0 Å². The smallest absolute Gasteiger partial charge is 0.221 e. The van der Waals surface area contributed by atoms with Crippen LogP contribution in [0.25, 0.3) is 38.8 Å². The lowest BCUT2D eigenvalue weighted by atomic mass is 10.0. The van der Waals surface area contributed by atoms with E-state index in [1.165, 1.54) is 24.4 Å². The summed E-state index contributed by atoms with van der Waals surface area (Å²) in [6, 6.07) is 28.9. The maximum absolute atomic E-state index is 14.1. The van der Waals surface area contributed by atoms with Crippen molar-refractivity contribution in [3.05, 3.63) is 115 Å². The molecule has 0 amide bonds. The Hall–Kier alpha value is -4.58. The van der Waals surface area contributed by atoms with Gasteiger partial charge in [0.1, 0.15) is 17.4 Å². The van der Waals surface area contributed by atoms with E-state index >= 15 is 0 Å². The molecule has 0 aliphatic heterocycles. The molecule has 0 atom stereocenters. The van der Waals surface area contributed by atoms with Crippen LogP contribution in [0.5, 0.6) is 11.6 Å². The van der Waals surface area contributed by atoms with Gasteiger partial charge < -0.3 is 4.74 Å². The topological polar surface area (TPSA) is 39.9 Å². The summed E-state index contributed by atoms with van der Waals surface area (Å²) in [5.41, 5.74) is 3.72. The number of halogens is 2. The van der Waals surface area contributed by atoms with E-state index in [4.69, 9.17) is 4.74 Å². The summed E-state index contributed by atoms with van der Waals surface area (Å²) >= 11 is 0. The number of rotatable bonds is 4. The minimum Gasteiger partial charge on any atom is -0.439 e. The van der Waals surface area contributed by atoms with Crippen molar-refractivity contribution in [2.75, 3.05) is 0 Å². The first kappa shape index (κ1) is 20.1. The van der Waals surface area contributed by atoms with E-state index in [0.29, 0.717) is 11.6 Å². The fraction of sp³-hybridized carbons (Fsp3) is 0. The SMILES string of the molecule is Fc1ccnc(-n2c3ccccc3c3ccc(-c4cccc(Oc5cccc(F)n5)c4)cc32)c1. The molecule has 6 heteroatoms. The van der Waals surface area contributed by atoms with Crippen LogP contribution in [0.3, 0.4) is 0 Å². The average Bonchev–Trinajstić information content (AvgIpc) is 3.18. The normalized spacial score (nSPS) is 11.2. The van der Waals surface area contributed by atoms with Crippen LogP contribution in [0.1, 0.15) is 0 Å². The first-order valence-electron chi connectivity index (χ1n) is 10.7. The molecule has 164 valence electrons. The monoisotopic (exact) mass is 449 g/mol. The summed E-state index contributed by atoms with van der Waals surface area (Å²) in [5.74, 6) is 0.298. The molecule has 0 radical (unpaired) electrons. The summed E-state index contributed by atoms with van der Waals surface area (Å²) in [4.78, 5) is 8.18. The molecule has 4 nitrogen and oxygen atoms in total. The summed E-state index contributed by atoms with van der Waals surface area (Å²) in [5, 5.41) is 2.10. The van der Waals surface area contributed by atoms with Gasteiger partial charge in [-0.25, -0.2) is 9.37 Å². The van der Waals surface area contributed by atoms with Crippen LogP contribution in [0, 0.1) is 11.8 Å². The molecule has 3 aromatic carbocycles. The molecule has 3 heterocycles. The van der Waals surface area contributed by atoms with Gasteiger partial charge in [0.05, 0.1) is 11.0 Å². The molecule has 3 aromatic heterocycles. The minimum absolute atomic E-state index is 0.185. The third-order valence-corrected chi connectivity index (χ3v) is 5.69. The number of hydrogen-bond acceptors (Lipinski definition) is 3. The van der Waals surface area contributed by atoms with Crippen LogP contribution in [-0.2, 0) is 0 Å². The van der Waals surface area contributed by atoms with Crippen molar-refractivity contribution in [1.29, 1.82) is 0 Å². The predicted octanol–water partition coefficient (Wildman–Crippen LogP) is 7.31. The second-order valence-electron chi connectivity index (χ2n) is 7.85. The van der Waals surface area contributed by atoms with Gasteiger partial charge in [0.2, 0.25) is 11.8 Å². The predicted molar refractivity (Wildman–Crippen MR) is 128 cm³/mol. The Bertz CT molecular complexity index is 1680. The first-order valence-corrected chi connectivity index (χ1v) is 10.7. The number of aromatic nitrogens is 3. The zero-order valence-electron chi connectivity index (χ0n) is 17.8. The number of para-hydroxylation sites is 1. The van der Waals surface area contributed by atoms with Crippen molar-refractivity contribution in [2.24, 2.45) is 0 Å². The second kappa shape index (κ2) is 8.08. The molecule has 0 spiro atoms. The zero-order valence-corrected chi connectivity index (χ0v) is 17.8. The van der Waals surface area contributed by atoms with E-state index in [1.54, 1.807) is 18.2 Å².